The molecule has 5 nitrogen and oxygen atoms in total. The van der Waals surface area contributed by atoms with Gasteiger partial charge in [-0.2, -0.15) is 0 Å². The highest BCUT2D eigenvalue weighted by Crippen LogP contribution is 2.38. The van der Waals surface area contributed by atoms with Gasteiger partial charge in [0.25, 0.3) is 5.91 Å². The third-order valence-electron chi connectivity index (χ3n) is 5.97. The Morgan fingerprint density at radius 2 is 1.77 bits per heavy atom. The lowest BCUT2D eigenvalue weighted by atomic mass is 9.94. The first-order chi connectivity index (χ1) is 15.2. The van der Waals surface area contributed by atoms with Crippen LogP contribution < -0.4 is 5.32 Å². The zero-order valence-electron chi connectivity index (χ0n) is 17.0. The third kappa shape index (κ3) is 4.16. The van der Waals surface area contributed by atoms with Crippen molar-refractivity contribution in [3.63, 3.8) is 0 Å². The summed E-state index contributed by atoms with van der Waals surface area (Å²) in [5.74, 6) is -0.0809. The number of carbonyl (C=O) groups is 2. The fourth-order valence-electron chi connectivity index (χ4n) is 4.54. The lowest BCUT2D eigenvalue weighted by Crippen LogP contribution is -2.43. The number of benzene rings is 2. The molecule has 2 aliphatic heterocycles. The first-order valence-electron chi connectivity index (χ1n) is 10.6. The third-order valence-corrected chi connectivity index (χ3v) is 6.78. The van der Waals surface area contributed by atoms with E-state index in [-0.39, 0.29) is 30.3 Å². The molecule has 6 heteroatoms. The van der Waals surface area contributed by atoms with Gasteiger partial charge in [0.1, 0.15) is 0 Å². The molecule has 2 aliphatic rings. The van der Waals surface area contributed by atoms with Gasteiger partial charge in [-0.15, -0.1) is 11.3 Å². The minimum atomic E-state index is -0.194. The van der Waals surface area contributed by atoms with Crippen molar-refractivity contribution in [3.8, 4) is 0 Å². The average Bonchev–Trinajstić information content (AvgIpc) is 3.35. The van der Waals surface area contributed by atoms with Crippen molar-refractivity contribution in [2.45, 2.75) is 37.8 Å². The highest BCUT2D eigenvalue weighted by atomic mass is 32.1. The molecular formula is C25H23N3O2S. The van der Waals surface area contributed by atoms with Gasteiger partial charge in [0.15, 0.2) is 5.13 Å². The van der Waals surface area contributed by atoms with Gasteiger partial charge in [-0.3, -0.25) is 14.9 Å². The highest BCUT2D eigenvalue weighted by molar-refractivity contribution is 7.14. The van der Waals surface area contributed by atoms with Crippen molar-refractivity contribution in [1.82, 2.24) is 9.88 Å². The molecule has 31 heavy (non-hydrogen) atoms. The number of hydrogen-bond acceptors (Lipinski definition) is 4. The molecule has 1 fully saturated rings. The topological polar surface area (TPSA) is 62.3 Å². The zero-order valence-corrected chi connectivity index (χ0v) is 17.8. The van der Waals surface area contributed by atoms with E-state index in [1.54, 1.807) is 12.1 Å². The maximum absolute atomic E-state index is 13.1. The monoisotopic (exact) mass is 429 g/mol. The summed E-state index contributed by atoms with van der Waals surface area (Å²) in [5.41, 5.74) is 3.89. The lowest BCUT2D eigenvalue weighted by molar-refractivity contribution is -0.132. The maximum atomic E-state index is 13.1. The van der Waals surface area contributed by atoms with E-state index >= 15 is 0 Å². The summed E-state index contributed by atoms with van der Waals surface area (Å²) in [7, 11) is 0. The highest BCUT2D eigenvalue weighted by Gasteiger charge is 2.39. The summed E-state index contributed by atoms with van der Waals surface area (Å²) in [6.45, 7) is 0. The van der Waals surface area contributed by atoms with E-state index in [9.17, 15) is 9.59 Å². The zero-order chi connectivity index (χ0) is 21.2. The van der Waals surface area contributed by atoms with Gasteiger partial charge in [-0.1, -0.05) is 54.6 Å². The number of hydrogen-bond donors (Lipinski definition) is 1. The van der Waals surface area contributed by atoms with Crippen LogP contribution in [0.25, 0.3) is 5.57 Å². The summed E-state index contributed by atoms with van der Waals surface area (Å²) in [4.78, 5) is 31.9. The van der Waals surface area contributed by atoms with Gasteiger partial charge in [-0.25, -0.2) is 4.98 Å². The number of fused-ring (bicyclic) bond motifs is 2. The first kappa shape index (κ1) is 19.7. The van der Waals surface area contributed by atoms with E-state index in [4.69, 9.17) is 0 Å². The van der Waals surface area contributed by atoms with Crippen LogP contribution in [0.1, 0.15) is 40.9 Å². The second-order valence-electron chi connectivity index (χ2n) is 8.00. The van der Waals surface area contributed by atoms with Crippen LogP contribution in [0.3, 0.4) is 0 Å². The van der Waals surface area contributed by atoms with Crippen LogP contribution in [-0.4, -0.2) is 33.8 Å². The number of aromatic nitrogens is 1. The van der Waals surface area contributed by atoms with Gasteiger partial charge in [-0.05, 0) is 42.5 Å². The molecule has 1 saturated heterocycles. The molecule has 3 aromatic rings. The minimum absolute atomic E-state index is 0.113. The molecule has 0 aliphatic carbocycles. The van der Waals surface area contributed by atoms with Gasteiger partial charge in [0, 0.05) is 17.0 Å². The Bertz CT molecular complexity index is 1120. The Morgan fingerprint density at radius 1 is 1.03 bits per heavy atom. The Kier molecular flexibility index (Phi) is 5.38. The van der Waals surface area contributed by atoms with E-state index < -0.39 is 0 Å². The van der Waals surface area contributed by atoms with Crippen LogP contribution in [0.5, 0.6) is 0 Å². The van der Waals surface area contributed by atoms with Crippen LogP contribution in [0, 0.1) is 0 Å². The Morgan fingerprint density at radius 3 is 2.52 bits per heavy atom. The quantitative estimate of drug-likeness (QED) is 0.635. The SMILES string of the molecule is O=C(Nc1nc(CC(=O)N2[C@@H]3CC[C@@H]2C=C(c2ccccc2)C3)cs1)c1ccccc1. The molecule has 5 rings (SSSR count). The van der Waals surface area contributed by atoms with Gasteiger partial charge in [0.05, 0.1) is 18.2 Å². The van der Waals surface area contributed by atoms with Crippen molar-refractivity contribution < 1.29 is 9.59 Å². The number of carbonyl (C=O) groups excluding carboxylic acids is 2. The van der Waals surface area contributed by atoms with Gasteiger partial charge in [0.2, 0.25) is 5.91 Å². The van der Waals surface area contributed by atoms with Gasteiger partial charge >= 0.3 is 0 Å². The fraction of sp³-hybridized carbons (Fsp3) is 0.240. The number of amides is 2. The predicted octanol–water partition coefficient (Wildman–Crippen LogP) is 4.78. The Balaban J connectivity index is 1.24. The molecule has 2 bridgehead atoms. The van der Waals surface area contributed by atoms with Crippen LogP contribution in [0.15, 0.2) is 72.1 Å². The van der Waals surface area contributed by atoms with E-state index in [0.717, 1.165) is 19.3 Å². The second kappa shape index (κ2) is 8.47. The van der Waals surface area contributed by atoms with Crippen molar-refractivity contribution in [2.75, 3.05) is 5.32 Å². The van der Waals surface area contributed by atoms with Crippen molar-refractivity contribution in [1.29, 1.82) is 0 Å². The smallest absolute Gasteiger partial charge is 0.257 e. The predicted molar refractivity (Wildman–Crippen MR) is 123 cm³/mol. The lowest BCUT2D eigenvalue weighted by Gasteiger charge is -2.34. The molecule has 0 unspecified atom stereocenters. The minimum Gasteiger partial charge on any atom is -0.333 e. The Labute approximate surface area is 185 Å². The molecule has 2 atom stereocenters. The van der Waals surface area contributed by atoms with Crippen molar-refractivity contribution >= 4 is 33.9 Å². The number of nitrogens with one attached hydrogen (secondary N) is 1. The molecule has 3 heterocycles. The number of rotatable bonds is 5. The van der Waals surface area contributed by atoms with E-state index in [1.165, 1.54) is 22.5 Å². The molecule has 0 radical (unpaired) electrons. The molecule has 2 aromatic carbocycles. The first-order valence-corrected chi connectivity index (χ1v) is 11.4. The molecule has 1 aromatic heterocycles. The maximum Gasteiger partial charge on any atom is 0.257 e. The summed E-state index contributed by atoms with van der Waals surface area (Å²) < 4.78 is 0. The fourth-order valence-corrected chi connectivity index (χ4v) is 5.24. The van der Waals surface area contributed by atoms with Gasteiger partial charge < -0.3 is 4.90 Å². The largest absolute Gasteiger partial charge is 0.333 e. The standard InChI is InChI=1S/C25H23N3O2S/c29-23(15-20-16-31-25(26-20)27-24(30)18-9-5-2-6-10-18)28-21-11-12-22(28)14-19(13-21)17-7-3-1-4-8-17/h1-10,13,16,21-22H,11-12,14-15H2,(H,26,27,30)/t21-,22-/m1/s1. The normalized spacial score (nSPS) is 19.7. The number of nitrogens with zero attached hydrogens (tertiary/aromatic N) is 2. The number of anilines is 1. The van der Waals surface area contributed by atoms with Crippen molar-refractivity contribution in [2.24, 2.45) is 0 Å². The molecular weight excluding hydrogens is 406 g/mol. The summed E-state index contributed by atoms with van der Waals surface area (Å²) >= 11 is 1.35. The second-order valence-corrected chi connectivity index (χ2v) is 8.86. The van der Waals surface area contributed by atoms with E-state index in [2.05, 4.69) is 40.6 Å². The van der Waals surface area contributed by atoms with Crippen LogP contribution in [0.4, 0.5) is 5.13 Å². The van der Waals surface area contributed by atoms with Crippen molar-refractivity contribution in [3.05, 3.63) is 88.9 Å². The summed E-state index contributed by atoms with van der Waals surface area (Å²) in [6.07, 6.45) is 5.49. The van der Waals surface area contributed by atoms with Crippen LogP contribution >= 0.6 is 11.3 Å². The van der Waals surface area contributed by atoms with E-state index in [1.807, 2.05) is 34.5 Å². The number of thiazole rings is 1. The Hall–Kier alpha value is -3.25. The average molecular weight is 430 g/mol. The molecule has 2 amide bonds. The molecule has 1 N–H and O–H groups in total. The summed E-state index contributed by atoms with van der Waals surface area (Å²) in [5, 5.41) is 5.19. The summed E-state index contributed by atoms with van der Waals surface area (Å²) in [6, 6.07) is 19.9. The molecule has 156 valence electrons. The van der Waals surface area contributed by atoms with Crippen LogP contribution in [-0.2, 0) is 11.2 Å². The van der Waals surface area contributed by atoms with E-state index in [0.29, 0.717) is 16.4 Å². The molecule has 0 saturated carbocycles. The van der Waals surface area contributed by atoms with Crippen LogP contribution in [0.2, 0.25) is 0 Å². The molecule has 0 spiro atoms.